The van der Waals surface area contributed by atoms with Crippen LogP contribution < -0.4 is 4.74 Å². The highest BCUT2D eigenvalue weighted by atomic mass is 16.5. The summed E-state index contributed by atoms with van der Waals surface area (Å²) in [5.41, 5.74) is 9.02. The number of aliphatic hydroxyl groups excluding tert-OH is 1. The van der Waals surface area contributed by atoms with Gasteiger partial charge in [0, 0.05) is 6.61 Å². The highest BCUT2D eigenvalue weighted by Gasteiger charge is 2.11. The highest BCUT2D eigenvalue weighted by Crippen LogP contribution is 2.32. The maximum absolute atomic E-state index is 9.26. The first-order valence-electron chi connectivity index (χ1n) is 12.2. The van der Waals surface area contributed by atoms with Gasteiger partial charge < -0.3 is 9.84 Å². The third-order valence-corrected chi connectivity index (χ3v) is 6.20. The summed E-state index contributed by atoms with van der Waals surface area (Å²) in [6.07, 6.45) is 7.64. The standard InChI is InChI=1S/C30H38O2/c1-4-7-8-9-23-10-12-25(13-11-23)22-32-28-15-17-30(27(6-3)21-28)29-16-14-24(18-19-31)20-26(29)5-2/h10-17,20-21,31H,4-9,18-19,22H2,1-3H3. The van der Waals surface area contributed by atoms with E-state index in [2.05, 4.69) is 81.4 Å². The molecule has 0 atom stereocenters. The lowest BCUT2D eigenvalue weighted by Crippen LogP contribution is -1.99. The Morgan fingerprint density at radius 3 is 1.94 bits per heavy atom. The lowest BCUT2D eigenvalue weighted by molar-refractivity contribution is 0.299. The fraction of sp³-hybridized carbons (Fsp3) is 0.400. The first kappa shape index (κ1) is 24.1. The van der Waals surface area contributed by atoms with Crippen molar-refractivity contribution in [1.82, 2.24) is 0 Å². The first-order valence-corrected chi connectivity index (χ1v) is 12.2. The van der Waals surface area contributed by atoms with Crippen molar-refractivity contribution >= 4 is 0 Å². The molecule has 0 amide bonds. The van der Waals surface area contributed by atoms with Crippen LogP contribution in [0.4, 0.5) is 0 Å². The van der Waals surface area contributed by atoms with E-state index < -0.39 is 0 Å². The monoisotopic (exact) mass is 430 g/mol. The molecule has 0 saturated carbocycles. The molecule has 0 bridgehead atoms. The van der Waals surface area contributed by atoms with Crippen LogP contribution in [0.2, 0.25) is 0 Å². The first-order chi connectivity index (χ1) is 15.7. The molecule has 3 aromatic carbocycles. The summed E-state index contributed by atoms with van der Waals surface area (Å²) < 4.78 is 6.14. The summed E-state index contributed by atoms with van der Waals surface area (Å²) >= 11 is 0. The Hall–Kier alpha value is -2.58. The molecule has 170 valence electrons. The van der Waals surface area contributed by atoms with E-state index in [0.29, 0.717) is 13.0 Å². The van der Waals surface area contributed by atoms with Crippen LogP contribution in [0, 0.1) is 0 Å². The Bertz CT molecular complexity index is 973. The van der Waals surface area contributed by atoms with Gasteiger partial charge in [-0.3, -0.25) is 0 Å². The minimum Gasteiger partial charge on any atom is -0.489 e. The largest absolute Gasteiger partial charge is 0.489 e. The van der Waals surface area contributed by atoms with Crippen molar-refractivity contribution in [3.05, 3.63) is 88.5 Å². The highest BCUT2D eigenvalue weighted by molar-refractivity contribution is 5.72. The van der Waals surface area contributed by atoms with Crippen LogP contribution in [0.5, 0.6) is 5.75 Å². The number of aliphatic hydroxyl groups is 1. The molecule has 2 heteroatoms. The van der Waals surface area contributed by atoms with Crippen LogP contribution >= 0.6 is 0 Å². The summed E-state index contributed by atoms with van der Waals surface area (Å²) in [4.78, 5) is 0. The van der Waals surface area contributed by atoms with Crippen LogP contribution in [-0.4, -0.2) is 11.7 Å². The van der Waals surface area contributed by atoms with E-state index in [9.17, 15) is 5.11 Å². The van der Waals surface area contributed by atoms with Crippen molar-refractivity contribution in [1.29, 1.82) is 0 Å². The molecule has 0 heterocycles. The third-order valence-electron chi connectivity index (χ3n) is 6.20. The van der Waals surface area contributed by atoms with Gasteiger partial charge in [-0.2, -0.15) is 0 Å². The Morgan fingerprint density at radius 2 is 1.28 bits per heavy atom. The van der Waals surface area contributed by atoms with E-state index in [4.69, 9.17) is 4.74 Å². The van der Waals surface area contributed by atoms with Gasteiger partial charge in [0.2, 0.25) is 0 Å². The van der Waals surface area contributed by atoms with Crippen molar-refractivity contribution < 1.29 is 9.84 Å². The Morgan fingerprint density at radius 1 is 0.656 bits per heavy atom. The van der Waals surface area contributed by atoms with Crippen LogP contribution in [0.15, 0.2) is 60.7 Å². The molecule has 0 aliphatic heterocycles. The van der Waals surface area contributed by atoms with Crippen molar-refractivity contribution in [3.8, 4) is 16.9 Å². The van der Waals surface area contributed by atoms with E-state index in [1.165, 1.54) is 58.2 Å². The number of benzene rings is 3. The van der Waals surface area contributed by atoms with E-state index in [1.54, 1.807) is 0 Å². The van der Waals surface area contributed by atoms with Crippen molar-refractivity contribution in [3.63, 3.8) is 0 Å². The molecule has 3 aromatic rings. The molecule has 0 radical (unpaired) electrons. The topological polar surface area (TPSA) is 29.5 Å². The summed E-state index contributed by atoms with van der Waals surface area (Å²) in [7, 11) is 0. The van der Waals surface area contributed by atoms with Crippen molar-refractivity contribution in [2.45, 2.75) is 72.3 Å². The number of hydrogen-bond donors (Lipinski definition) is 1. The minimum atomic E-state index is 0.191. The molecule has 0 fully saturated rings. The number of hydrogen-bond acceptors (Lipinski definition) is 2. The summed E-state index contributed by atoms with van der Waals surface area (Å²) in [6.45, 7) is 7.42. The number of ether oxygens (including phenoxy) is 1. The van der Waals surface area contributed by atoms with Gasteiger partial charge in [-0.15, -0.1) is 0 Å². The fourth-order valence-corrected chi connectivity index (χ4v) is 4.25. The maximum Gasteiger partial charge on any atom is 0.120 e. The van der Waals surface area contributed by atoms with E-state index in [0.717, 1.165) is 25.0 Å². The van der Waals surface area contributed by atoms with Crippen molar-refractivity contribution in [2.75, 3.05) is 6.61 Å². The van der Waals surface area contributed by atoms with Gasteiger partial charge in [-0.05, 0) is 83.2 Å². The predicted molar refractivity (Wildman–Crippen MR) is 135 cm³/mol. The third kappa shape index (κ3) is 6.46. The zero-order valence-electron chi connectivity index (χ0n) is 20.0. The summed E-state index contributed by atoms with van der Waals surface area (Å²) in [5.74, 6) is 0.924. The number of rotatable bonds is 12. The van der Waals surface area contributed by atoms with E-state index in [1.807, 2.05) is 0 Å². The molecule has 2 nitrogen and oxygen atoms in total. The summed E-state index contributed by atoms with van der Waals surface area (Å²) in [5, 5.41) is 9.26. The van der Waals surface area contributed by atoms with Gasteiger partial charge in [0.15, 0.2) is 0 Å². The molecule has 32 heavy (non-hydrogen) atoms. The second kappa shape index (κ2) is 12.5. The molecule has 3 rings (SSSR count). The Kier molecular flexibility index (Phi) is 9.37. The van der Waals surface area contributed by atoms with Gasteiger partial charge in [0.25, 0.3) is 0 Å². The predicted octanol–water partition coefficient (Wildman–Crippen LogP) is 7.32. The molecule has 0 saturated heterocycles. The Balaban J connectivity index is 1.70. The smallest absolute Gasteiger partial charge is 0.120 e. The second-order valence-electron chi connectivity index (χ2n) is 8.55. The number of unbranched alkanes of at least 4 members (excludes halogenated alkanes) is 2. The lowest BCUT2D eigenvalue weighted by atomic mass is 9.91. The van der Waals surface area contributed by atoms with Crippen molar-refractivity contribution in [2.24, 2.45) is 0 Å². The zero-order valence-corrected chi connectivity index (χ0v) is 20.0. The summed E-state index contributed by atoms with van der Waals surface area (Å²) in [6, 6.07) is 21.9. The van der Waals surface area contributed by atoms with Gasteiger partial charge >= 0.3 is 0 Å². The molecular weight excluding hydrogens is 392 g/mol. The minimum absolute atomic E-state index is 0.191. The number of aryl methyl sites for hydroxylation is 3. The molecule has 0 aliphatic rings. The van der Waals surface area contributed by atoms with Gasteiger partial charge in [-0.25, -0.2) is 0 Å². The molecule has 1 N–H and O–H groups in total. The van der Waals surface area contributed by atoms with Crippen LogP contribution in [0.25, 0.3) is 11.1 Å². The lowest BCUT2D eigenvalue weighted by Gasteiger charge is -2.16. The SMILES string of the molecule is CCCCCc1ccc(COc2ccc(-c3ccc(CCO)cc3CC)c(CC)c2)cc1. The average molecular weight is 431 g/mol. The molecule has 0 aliphatic carbocycles. The molecule has 0 aromatic heterocycles. The molecule has 0 spiro atoms. The van der Waals surface area contributed by atoms with Gasteiger partial charge in [0.1, 0.15) is 12.4 Å². The van der Waals surface area contributed by atoms with Gasteiger partial charge in [-0.1, -0.05) is 82.1 Å². The van der Waals surface area contributed by atoms with Crippen LogP contribution in [-0.2, 0) is 32.3 Å². The van der Waals surface area contributed by atoms with Crippen LogP contribution in [0.3, 0.4) is 0 Å². The molecular formula is C30H38O2. The average Bonchev–Trinajstić information content (AvgIpc) is 2.83. The second-order valence-corrected chi connectivity index (χ2v) is 8.55. The Labute approximate surface area is 194 Å². The van der Waals surface area contributed by atoms with Crippen LogP contribution in [0.1, 0.15) is 67.9 Å². The van der Waals surface area contributed by atoms with Gasteiger partial charge in [0.05, 0.1) is 0 Å². The fourth-order valence-electron chi connectivity index (χ4n) is 4.25. The zero-order chi connectivity index (χ0) is 22.8. The maximum atomic E-state index is 9.26. The van der Waals surface area contributed by atoms with E-state index >= 15 is 0 Å². The normalized spacial score (nSPS) is 11.0. The molecule has 0 unspecified atom stereocenters. The quantitative estimate of drug-likeness (QED) is 0.305. The van der Waals surface area contributed by atoms with E-state index in [-0.39, 0.29) is 6.61 Å².